The number of hydrogen-bond donors (Lipinski definition) is 1. The van der Waals surface area contributed by atoms with E-state index in [0.717, 1.165) is 12.8 Å². The minimum absolute atomic E-state index is 0.0444. The van der Waals surface area contributed by atoms with Gasteiger partial charge in [0.05, 0.1) is 6.54 Å². The van der Waals surface area contributed by atoms with Crippen LogP contribution in [0, 0.1) is 0 Å². The molecule has 1 saturated heterocycles. The quantitative estimate of drug-likeness (QED) is 0.847. The van der Waals surface area contributed by atoms with E-state index in [1.807, 2.05) is 27.7 Å². The number of nitrogens with one attached hydrogen (secondary N) is 1. The first kappa shape index (κ1) is 17.1. The molecule has 4 nitrogen and oxygen atoms in total. The van der Waals surface area contributed by atoms with Crippen LogP contribution in [0.25, 0.3) is 0 Å². The van der Waals surface area contributed by atoms with E-state index in [1.54, 1.807) is 4.90 Å². The molecular weight excluding hydrogens is 266 g/mol. The molecule has 6 heteroatoms. The van der Waals surface area contributed by atoms with Gasteiger partial charge in [-0.15, -0.1) is 0 Å². The SMILES string of the molecule is CC(CC1CCCN1C(=O)OC(C)(C)C)NCC(F)F. The van der Waals surface area contributed by atoms with E-state index < -0.39 is 12.0 Å². The first-order valence-electron chi connectivity index (χ1n) is 7.20. The maximum atomic E-state index is 12.2. The van der Waals surface area contributed by atoms with Crippen molar-refractivity contribution in [3.63, 3.8) is 0 Å². The number of hydrogen-bond acceptors (Lipinski definition) is 3. The molecule has 2 atom stereocenters. The lowest BCUT2D eigenvalue weighted by atomic mass is 10.1. The van der Waals surface area contributed by atoms with Gasteiger partial charge in [0, 0.05) is 18.6 Å². The van der Waals surface area contributed by atoms with Gasteiger partial charge in [-0.2, -0.15) is 0 Å². The molecule has 20 heavy (non-hydrogen) atoms. The number of carbonyl (C=O) groups is 1. The summed E-state index contributed by atoms with van der Waals surface area (Å²) in [6.45, 7) is 7.75. The number of carbonyl (C=O) groups excluding carboxylic acids is 1. The number of rotatable bonds is 5. The Morgan fingerprint density at radius 3 is 2.65 bits per heavy atom. The van der Waals surface area contributed by atoms with E-state index in [2.05, 4.69) is 5.32 Å². The highest BCUT2D eigenvalue weighted by atomic mass is 19.3. The van der Waals surface area contributed by atoms with Crippen molar-refractivity contribution < 1.29 is 18.3 Å². The summed E-state index contributed by atoms with van der Waals surface area (Å²) in [6.07, 6.45) is -0.138. The number of nitrogens with zero attached hydrogens (tertiary/aromatic N) is 1. The molecule has 1 aliphatic rings. The van der Waals surface area contributed by atoms with Gasteiger partial charge in [-0.1, -0.05) is 0 Å². The number of halogens is 2. The van der Waals surface area contributed by atoms with Gasteiger partial charge in [-0.25, -0.2) is 13.6 Å². The van der Waals surface area contributed by atoms with Gasteiger partial charge in [0.15, 0.2) is 0 Å². The highest BCUT2D eigenvalue weighted by molar-refractivity contribution is 5.68. The van der Waals surface area contributed by atoms with E-state index in [9.17, 15) is 13.6 Å². The van der Waals surface area contributed by atoms with Crippen LogP contribution in [0.5, 0.6) is 0 Å². The second-order valence-corrected chi connectivity index (χ2v) is 6.41. The summed E-state index contributed by atoms with van der Waals surface area (Å²) >= 11 is 0. The van der Waals surface area contributed by atoms with Gasteiger partial charge in [0.2, 0.25) is 0 Å². The van der Waals surface area contributed by atoms with Crippen LogP contribution in [-0.4, -0.2) is 48.2 Å². The molecule has 0 spiro atoms. The standard InChI is InChI=1S/C14H26F2N2O2/c1-10(17-9-12(15)16)8-11-6-5-7-18(11)13(19)20-14(2,3)4/h10-12,17H,5-9H2,1-4H3. The minimum atomic E-state index is -2.34. The normalized spacial score (nSPS) is 21.4. The summed E-state index contributed by atoms with van der Waals surface area (Å²) in [4.78, 5) is 13.8. The van der Waals surface area contributed by atoms with Crippen molar-refractivity contribution in [1.82, 2.24) is 10.2 Å². The molecule has 0 aromatic rings. The third-order valence-electron chi connectivity index (χ3n) is 3.25. The van der Waals surface area contributed by atoms with Crippen molar-refractivity contribution in [2.45, 2.75) is 71.1 Å². The Hall–Kier alpha value is -0.910. The molecular formula is C14H26F2N2O2. The van der Waals surface area contributed by atoms with Crippen LogP contribution in [0.4, 0.5) is 13.6 Å². The van der Waals surface area contributed by atoms with Crippen LogP contribution in [0.3, 0.4) is 0 Å². The maximum Gasteiger partial charge on any atom is 0.410 e. The number of likely N-dealkylation sites (tertiary alicyclic amines) is 1. The topological polar surface area (TPSA) is 41.6 Å². The molecule has 0 bridgehead atoms. The fourth-order valence-electron chi connectivity index (χ4n) is 2.42. The van der Waals surface area contributed by atoms with Gasteiger partial charge in [0.1, 0.15) is 5.60 Å². The molecule has 0 radical (unpaired) electrons. The highest BCUT2D eigenvalue weighted by Crippen LogP contribution is 2.24. The molecule has 1 fully saturated rings. The molecule has 0 aromatic heterocycles. The molecule has 118 valence electrons. The summed E-state index contributed by atoms with van der Waals surface area (Å²) in [6, 6.07) is 0.0297. The zero-order valence-electron chi connectivity index (χ0n) is 12.8. The van der Waals surface area contributed by atoms with Gasteiger partial charge >= 0.3 is 6.09 Å². The fraction of sp³-hybridized carbons (Fsp3) is 0.929. The second-order valence-electron chi connectivity index (χ2n) is 6.41. The van der Waals surface area contributed by atoms with Crippen LogP contribution < -0.4 is 5.32 Å². The van der Waals surface area contributed by atoms with Crippen LogP contribution in [0.2, 0.25) is 0 Å². The number of amides is 1. The minimum Gasteiger partial charge on any atom is -0.444 e. The Morgan fingerprint density at radius 2 is 2.10 bits per heavy atom. The monoisotopic (exact) mass is 292 g/mol. The van der Waals surface area contributed by atoms with E-state index in [4.69, 9.17) is 4.74 Å². The first-order valence-corrected chi connectivity index (χ1v) is 7.20. The molecule has 1 amide bonds. The Labute approximate surface area is 119 Å². The van der Waals surface area contributed by atoms with Crippen molar-refractivity contribution in [2.24, 2.45) is 0 Å². The lowest BCUT2D eigenvalue weighted by Crippen LogP contribution is -2.43. The molecule has 1 heterocycles. The molecule has 0 saturated carbocycles. The van der Waals surface area contributed by atoms with Crippen LogP contribution in [0.15, 0.2) is 0 Å². The Morgan fingerprint density at radius 1 is 1.45 bits per heavy atom. The van der Waals surface area contributed by atoms with Crippen molar-refractivity contribution in [1.29, 1.82) is 0 Å². The van der Waals surface area contributed by atoms with Crippen LogP contribution in [0.1, 0.15) is 47.0 Å². The van der Waals surface area contributed by atoms with Gasteiger partial charge in [-0.3, -0.25) is 0 Å². The second kappa shape index (κ2) is 7.20. The van der Waals surface area contributed by atoms with Gasteiger partial charge in [0.25, 0.3) is 6.43 Å². The Balaban J connectivity index is 2.46. The van der Waals surface area contributed by atoms with Crippen molar-refractivity contribution >= 4 is 6.09 Å². The van der Waals surface area contributed by atoms with Gasteiger partial charge < -0.3 is 15.0 Å². The molecule has 1 N–H and O–H groups in total. The van der Waals surface area contributed by atoms with E-state index in [1.165, 1.54) is 0 Å². The van der Waals surface area contributed by atoms with E-state index in [0.29, 0.717) is 13.0 Å². The fourth-order valence-corrected chi connectivity index (χ4v) is 2.42. The Bertz CT molecular complexity index is 319. The third kappa shape index (κ3) is 6.03. The Kier molecular flexibility index (Phi) is 6.17. The molecule has 1 aliphatic heterocycles. The largest absolute Gasteiger partial charge is 0.444 e. The average Bonchev–Trinajstić information content (AvgIpc) is 2.72. The van der Waals surface area contributed by atoms with Crippen LogP contribution >= 0.6 is 0 Å². The highest BCUT2D eigenvalue weighted by Gasteiger charge is 2.32. The molecule has 2 unspecified atom stereocenters. The molecule has 1 rings (SSSR count). The first-order chi connectivity index (χ1) is 9.19. The van der Waals surface area contributed by atoms with E-state index in [-0.39, 0.29) is 24.7 Å². The zero-order chi connectivity index (χ0) is 15.3. The zero-order valence-corrected chi connectivity index (χ0v) is 12.8. The summed E-state index contributed by atoms with van der Waals surface area (Å²) in [5, 5.41) is 2.79. The lowest BCUT2D eigenvalue weighted by molar-refractivity contribution is 0.0212. The molecule has 0 aliphatic carbocycles. The van der Waals surface area contributed by atoms with Gasteiger partial charge in [-0.05, 0) is 47.0 Å². The summed E-state index contributed by atoms with van der Waals surface area (Å²) in [5.74, 6) is 0. The maximum absolute atomic E-state index is 12.2. The van der Waals surface area contributed by atoms with Crippen molar-refractivity contribution in [3.05, 3.63) is 0 Å². The van der Waals surface area contributed by atoms with Crippen LogP contribution in [-0.2, 0) is 4.74 Å². The lowest BCUT2D eigenvalue weighted by Gasteiger charge is -2.30. The van der Waals surface area contributed by atoms with E-state index >= 15 is 0 Å². The van der Waals surface area contributed by atoms with Crippen molar-refractivity contribution in [3.8, 4) is 0 Å². The van der Waals surface area contributed by atoms with Crippen molar-refractivity contribution in [2.75, 3.05) is 13.1 Å². The average molecular weight is 292 g/mol. The third-order valence-corrected chi connectivity index (χ3v) is 3.25. The molecule has 0 aromatic carbocycles. The number of alkyl halides is 2. The number of ether oxygens (including phenoxy) is 1. The summed E-state index contributed by atoms with van der Waals surface area (Å²) in [5.41, 5.74) is -0.510. The predicted octanol–water partition coefficient (Wildman–Crippen LogP) is 3.02. The summed E-state index contributed by atoms with van der Waals surface area (Å²) in [7, 11) is 0. The summed E-state index contributed by atoms with van der Waals surface area (Å²) < 4.78 is 29.7. The smallest absolute Gasteiger partial charge is 0.410 e. The predicted molar refractivity (Wildman–Crippen MR) is 74.0 cm³/mol.